The molecule has 0 N–H and O–H groups in total. The molecule has 2 nitrogen and oxygen atoms in total. The van der Waals surface area contributed by atoms with Crippen LogP contribution in [0.15, 0.2) is 0 Å². The predicted molar refractivity (Wildman–Crippen MR) is 50.1 cm³/mol. The Hall–Kier alpha value is 0.650. The van der Waals surface area contributed by atoms with Crippen molar-refractivity contribution in [2.45, 2.75) is 13.1 Å². The molecule has 0 bridgehead atoms. The van der Waals surface area contributed by atoms with Crippen LogP contribution >= 0.6 is 24.0 Å². The molecular weight excluding hydrogens is 227 g/mol. The van der Waals surface area contributed by atoms with E-state index >= 15 is 0 Å². The molecule has 0 spiro atoms. The van der Waals surface area contributed by atoms with E-state index in [9.17, 15) is 0 Å². The predicted octanol–water partition coefficient (Wildman–Crippen LogP) is 0.828. The standard InChI is InChI=1S/C6H14N2.HI/c1-6-7(2)4-5-8(6)3;/h6H,4-5H2,1-3H3;1H. The lowest BCUT2D eigenvalue weighted by Crippen LogP contribution is -2.30. The molecule has 0 aromatic rings. The molecule has 1 rings (SSSR count). The normalized spacial score (nSPS) is 24.3. The van der Waals surface area contributed by atoms with E-state index < -0.39 is 0 Å². The van der Waals surface area contributed by atoms with E-state index in [4.69, 9.17) is 0 Å². The molecule has 1 fully saturated rings. The first-order chi connectivity index (χ1) is 3.72. The summed E-state index contributed by atoms with van der Waals surface area (Å²) < 4.78 is 0. The molecule has 9 heavy (non-hydrogen) atoms. The molecule has 0 unspecified atom stereocenters. The molecule has 0 amide bonds. The molecule has 0 saturated carbocycles. The zero-order valence-electron chi connectivity index (χ0n) is 6.29. The van der Waals surface area contributed by atoms with E-state index in [1.54, 1.807) is 0 Å². The smallest absolute Gasteiger partial charge is 0.0589 e. The lowest BCUT2D eigenvalue weighted by Gasteiger charge is -2.19. The largest absolute Gasteiger partial charge is 0.290 e. The van der Waals surface area contributed by atoms with E-state index in [2.05, 4.69) is 30.8 Å². The Morgan fingerprint density at radius 1 is 1.11 bits per heavy atom. The number of halogens is 1. The highest BCUT2D eigenvalue weighted by molar-refractivity contribution is 14.0. The third-order valence-corrected chi connectivity index (χ3v) is 2.08. The van der Waals surface area contributed by atoms with Crippen LogP contribution in [0.1, 0.15) is 6.92 Å². The van der Waals surface area contributed by atoms with Crippen molar-refractivity contribution in [2.75, 3.05) is 27.2 Å². The molecule has 0 atom stereocenters. The topological polar surface area (TPSA) is 6.48 Å². The van der Waals surface area contributed by atoms with E-state index in [1.165, 1.54) is 13.1 Å². The highest BCUT2D eigenvalue weighted by Crippen LogP contribution is 2.06. The number of nitrogens with zero attached hydrogens (tertiary/aromatic N) is 2. The molecule has 0 radical (unpaired) electrons. The van der Waals surface area contributed by atoms with Gasteiger partial charge in [-0.2, -0.15) is 0 Å². The second kappa shape index (κ2) is 3.73. The van der Waals surface area contributed by atoms with Crippen LogP contribution in [-0.4, -0.2) is 43.2 Å². The second-order valence-corrected chi connectivity index (χ2v) is 2.59. The maximum atomic E-state index is 2.35. The maximum absolute atomic E-state index is 2.35. The van der Waals surface area contributed by atoms with Gasteiger partial charge in [0.1, 0.15) is 0 Å². The number of rotatable bonds is 0. The van der Waals surface area contributed by atoms with Crippen LogP contribution in [0.2, 0.25) is 0 Å². The number of hydrogen-bond acceptors (Lipinski definition) is 2. The summed E-state index contributed by atoms with van der Waals surface area (Å²) in [6.07, 6.45) is 0.648. The van der Waals surface area contributed by atoms with Gasteiger partial charge in [0.2, 0.25) is 0 Å². The van der Waals surface area contributed by atoms with Gasteiger partial charge in [0.05, 0.1) is 6.17 Å². The number of hydrogen-bond donors (Lipinski definition) is 0. The third kappa shape index (κ3) is 2.05. The van der Waals surface area contributed by atoms with Crippen LogP contribution in [0.3, 0.4) is 0 Å². The SMILES string of the molecule is CC1N(C)CCN1C.I. The van der Waals surface area contributed by atoms with Crippen LogP contribution in [0, 0.1) is 0 Å². The van der Waals surface area contributed by atoms with Gasteiger partial charge in [-0.05, 0) is 21.0 Å². The quantitative estimate of drug-likeness (QED) is 0.580. The number of likely N-dealkylation sites (N-methyl/N-ethyl adjacent to an activating group) is 2. The average Bonchev–Trinajstić information content (AvgIpc) is 1.98. The van der Waals surface area contributed by atoms with Gasteiger partial charge in [0.15, 0.2) is 0 Å². The lowest BCUT2D eigenvalue weighted by atomic mass is 10.5. The minimum absolute atomic E-state index is 0. The van der Waals surface area contributed by atoms with Crippen molar-refractivity contribution in [1.82, 2.24) is 9.80 Å². The summed E-state index contributed by atoms with van der Waals surface area (Å²) in [7, 11) is 4.32. The van der Waals surface area contributed by atoms with Crippen LogP contribution in [0.25, 0.3) is 0 Å². The zero-order valence-corrected chi connectivity index (χ0v) is 8.62. The van der Waals surface area contributed by atoms with Gasteiger partial charge in [-0.15, -0.1) is 24.0 Å². The summed E-state index contributed by atoms with van der Waals surface area (Å²) >= 11 is 0. The molecular formula is C6H15IN2. The molecule has 1 saturated heterocycles. The molecule has 3 heteroatoms. The van der Waals surface area contributed by atoms with Gasteiger partial charge in [-0.25, -0.2) is 0 Å². The van der Waals surface area contributed by atoms with Gasteiger partial charge in [-0.3, -0.25) is 9.80 Å². The minimum atomic E-state index is 0. The summed E-state index contributed by atoms with van der Waals surface area (Å²) in [5, 5.41) is 0. The van der Waals surface area contributed by atoms with E-state index in [0.717, 1.165) is 0 Å². The van der Waals surface area contributed by atoms with Crippen molar-refractivity contribution in [1.29, 1.82) is 0 Å². The molecule has 1 aliphatic rings. The highest BCUT2D eigenvalue weighted by atomic mass is 127. The average molecular weight is 242 g/mol. The van der Waals surface area contributed by atoms with E-state index in [-0.39, 0.29) is 24.0 Å². The van der Waals surface area contributed by atoms with Crippen molar-refractivity contribution in [3.8, 4) is 0 Å². The van der Waals surface area contributed by atoms with Crippen molar-refractivity contribution >= 4 is 24.0 Å². The fraction of sp³-hybridized carbons (Fsp3) is 1.00. The van der Waals surface area contributed by atoms with Crippen molar-refractivity contribution < 1.29 is 0 Å². The first-order valence-corrected chi connectivity index (χ1v) is 3.12. The Morgan fingerprint density at radius 2 is 1.44 bits per heavy atom. The van der Waals surface area contributed by atoms with Gasteiger partial charge >= 0.3 is 0 Å². The Labute approximate surface area is 74.2 Å². The maximum Gasteiger partial charge on any atom is 0.0589 e. The fourth-order valence-electron chi connectivity index (χ4n) is 1.03. The molecule has 1 aliphatic heterocycles. The zero-order chi connectivity index (χ0) is 6.15. The van der Waals surface area contributed by atoms with Gasteiger partial charge in [0, 0.05) is 13.1 Å². The summed E-state index contributed by atoms with van der Waals surface area (Å²) in [4.78, 5) is 4.69. The Balaban J connectivity index is 0.000000640. The summed E-state index contributed by atoms with van der Waals surface area (Å²) in [5.74, 6) is 0. The van der Waals surface area contributed by atoms with Crippen molar-refractivity contribution in [3.05, 3.63) is 0 Å². The highest BCUT2D eigenvalue weighted by Gasteiger charge is 2.20. The summed E-state index contributed by atoms with van der Waals surface area (Å²) in [6.45, 7) is 4.67. The summed E-state index contributed by atoms with van der Waals surface area (Å²) in [5.41, 5.74) is 0. The fourth-order valence-corrected chi connectivity index (χ4v) is 1.03. The monoisotopic (exact) mass is 242 g/mol. The second-order valence-electron chi connectivity index (χ2n) is 2.59. The van der Waals surface area contributed by atoms with Crippen LogP contribution in [-0.2, 0) is 0 Å². The Bertz CT molecular complexity index is 77.1. The molecule has 0 aliphatic carbocycles. The Morgan fingerprint density at radius 3 is 1.56 bits per heavy atom. The van der Waals surface area contributed by atoms with Crippen molar-refractivity contribution in [2.24, 2.45) is 0 Å². The van der Waals surface area contributed by atoms with Gasteiger partial charge in [0.25, 0.3) is 0 Å². The van der Waals surface area contributed by atoms with Crippen LogP contribution in [0.4, 0.5) is 0 Å². The van der Waals surface area contributed by atoms with Gasteiger partial charge in [-0.1, -0.05) is 0 Å². The molecule has 0 aromatic heterocycles. The molecule has 0 aromatic carbocycles. The Kier molecular flexibility index (Phi) is 4.00. The lowest BCUT2D eigenvalue weighted by molar-refractivity contribution is 0.208. The first-order valence-electron chi connectivity index (χ1n) is 3.12. The van der Waals surface area contributed by atoms with Crippen LogP contribution < -0.4 is 0 Å². The van der Waals surface area contributed by atoms with Gasteiger partial charge < -0.3 is 0 Å². The minimum Gasteiger partial charge on any atom is -0.290 e. The van der Waals surface area contributed by atoms with E-state index in [0.29, 0.717) is 6.17 Å². The van der Waals surface area contributed by atoms with Crippen molar-refractivity contribution in [3.63, 3.8) is 0 Å². The van der Waals surface area contributed by atoms with E-state index in [1.807, 2.05) is 0 Å². The summed E-state index contributed by atoms with van der Waals surface area (Å²) in [6, 6.07) is 0. The molecule has 1 heterocycles. The van der Waals surface area contributed by atoms with Crippen LogP contribution in [0.5, 0.6) is 0 Å². The third-order valence-electron chi connectivity index (χ3n) is 2.08. The molecule has 56 valence electrons. The first kappa shape index (κ1) is 9.65.